The molecule has 0 aliphatic heterocycles. The molecule has 0 saturated carbocycles. The van der Waals surface area contributed by atoms with Crippen molar-refractivity contribution < 1.29 is 4.99 Å². The summed E-state index contributed by atoms with van der Waals surface area (Å²) in [5.74, 6) is 0.164. The topological polar surface area (TPSA) is 104 Å². The largest absolute Gasteiger partial charge is 0.386 e. The van der Waals surface area contributed by atoms with Crippen molar-refractivity contribution in [2.24, 2.45) is 22.2 Å². The van der Waals surface area contributed by atoms with Crippen LogP contribution in [0.5, 0.6) is 0 Å². The highest BCUT2D eigenvalue weighted by Crippen LogP contribution is 1.93. The molecule has 0 unspecified atom stereocenters. The van der Waals surface area contributed by atoms with Crippen LogP contribution in [0.3, 0.4) is 0 Å². The Hall–Kier alpha value is -2.04. The normalized spacial score (nSPS) is 11.0. The summed E-state index contributed by atoms with van der Waals surface area (Å²) in [6.07, 6.45) is 0. The van der Waals surface area contributed by atoms with Gasteiger partial charge in [0, 0.05) is 0 Å². The molecule has 0 aliphatic carbocycles. The number of guanidine groups is 2. The Balaban J connectivity index is 2.60. The van der Waals surface area contributed by atoms with Gasteiger partial charge in [-0.1, -0.05) is 30.3 Å². The monoisotopic (exact) mass is 192 g/mol. The second-order valence-corrected chi connectivity index (χ2v) is 2.76. The van der Waals surface area contributed by atoms with Crippen LogP contribution in [-0.2, 0) is 6.54 Å². The lowest BCUT2D eigenvalue weighted by atomic mass is 10.2. The Kier molecular flexibility index (Phi) is 3.49. The minimum Gasteiger partial charge on any atom is -0.356 e. The van der Waals surface area contributed by atoms with E-state index in [4.69, 9.17) is 17.2 Å². The maximum absolute atomic E-state index is 5.48. The lowest BCUT2D eigenvalue weighted by molar-refractivity contribution is -0.477. The molecule has 5 heteroatoms. The number of nitrogens with two attached hydrogens (primary N) is 3. The van der Waals surface area contributed by atoms with Crippen molar-refractivity contribution in [2.45, 2.75) is 6.54 Å². The molecule has 0 amide bonds. The number of hydrogen-bond donors (Lipinski definition) is 4. The zero-order valence-electron chi connectivity index (χ0n) is 7.77. The SMILES string of the molecule is NC(N)=NC(N)=[NH+]Cc1ccccc1. The average Bonchev–Trinajstić information content (AvgIpc) is 2.15. The third-order valence-corrected chi connectivity index (χ3v) is 1.57. The van der Waals surface area contributed by atoms with Crippen LogP contribution in [0, 0.1) is 0 Å². The fourth-order valence-corrected chi connectivity index (χ4v) is 0.967. The third kappa shape index (κ3) is 3.57. The van der Waals surface area contributed by atoms with E-state index in [1.807, 2.05) is 30.3 Å². The summed E-state index contributed by atoms with van der Waals surface area (Å²) in [6, 6.07) is 9.82. The fourth-order valence-electron chi connectivity index (χ4n) is 0.967. The van der Waals surface area contributed by atoms with E-state index >= 15 is 0 Å². The van der Waals surface area contributed by atoms with Crippen molar-refractivity contribution in [3.8, 4) is 0 Å². The minimum absolute atomic E-state index is 0.0527. The van der Waals surface area contributed by atoms with E-state index < -0.39 is 0 Å². The van der Waals surface area contributed by atoms with E-state index in [2.05, 4.69) is 9.98 Å². The van der Waals surface area contributed by atoms with Crippen LogP contribution in [0.15, 0.2) is 35.3 Å². The van der Waals surface area contributed by atoms with Crippen molar-refractivity contribution >= 4 is 11.9 Å². The molecule has 1 rings (SSSR count). The Morgan fingerprint density at radius 3 is 2.36 bits per heavy atom. The molecule has 0 saturated heterocycles. The summed E-state index contributed by atoms with van der Waals surface area (Å²) in [6.45, 7) is 0.601. The Labute approximate surface area is 82.3 Å². The van der Waals surface area contributed by atoms with Gasteiger partial charge in [0.15, 0.2) is 0 Å². The highest BCUT2D eigenvalue weighted by atomic mass is 15.1. The average molecular weight is 192 g/mol. The van der Waals surface area contributed by atoms with Gasteiger partial charge in [-0.2, -0.15) is 0 Å². The number of benzene rings is 1. The number of aliphatic imine (C=N–C) groups is 1. The molecule has 14 heavy (non-hydrogen) atoms. The van der Waals surface area contributed by atoms with Crippen molar-refractivity contribution in [1.82, 2.24) is 0 Å². The van der Waals surface area contributed by atoms with E-state index in [0.717, 1.165) is 5.56 Å². The van der Waals surface area contributed by atoms with Gasteiger partial charge in [-0.3, -0.25) is 10.7 Å². The van der Waals surface area contributed by atoms with Gasteiger partial charge in [0.25, 0.3) is 5.96 Å². The van der Waals surface area contributed by atoms with Gasteiger partial charge in [0.05, 0.1) is 6.54 Å². The minimum atomic E-state index is -0.0527. The molecule has 74 valence electrons. The van der Waals surface area contributed by atoms with Crippen LogP contribution in [0.4, 0.5) is 0 Å². The molecule has 0 aromatic heterocycles. The zero-order chi connectivity index (χ0) is 10.4. The number of nitrogens with zero attached hydrogens (tertiary/aromatic N) is 1. The van der Waals surface area contributed by atoms with E-state index in [9.17, 15) is 0 Å². The summed E-state index contributed by atoms with van der Waals surface area (Å²) < 4.78 is 0. The molecule has 5 nitrogen and oxygen atoms in total. The van der Waals surface area contributed by atoms with Gasteiger partial charge in [0.1, 0.15) is 0 Å². The number of rotatable bonds is 2. The number of hydrogen-bond acceptors (Lipinski definition) is 0. The van der Waals surface area contributed by atoms with Gasteiger partial charge >= 0.3 is 5.96 Å². The van der Waals surface area contributed by atoms with Crippen molar-refractivity contribution in [3.63, 3.8) is 0 Å². The first-order valence-electron chi connectivity index (χ1n) is 4.18. The summed E-state index contributed by atoms with van der Waals surface area (Å²) >= 11 is 0. The molecule has 1 aromatic rings. The second kappa shape index (κ2) is 4.86. The molecule has 0 aliphatic rings. The Bertz CT molecular complexity index is 337. The second-order valence-electron chi connectivity index (χ2n) is 2.76. The third-order valence-electron chi connectivity index (χ3n) is 1.57. The quantitative estimate of drug-likeness (QED) is 0.317. The highest BCUT2D eigenvalue weighted by molar-refractivity contribution is 5.89. The molecule has 0 fully saturated rings. The molecule has 1 aromatic carbocycles. The first-order valence-corrected chi connectivity index (χ1v) is 4.18. The molecular weight excluding hydrogens is 178 g/mol. The van der Waals surface area contributed by atoms with E-state index in [1.54, 1.807) is 0 Å². The zero-order valence-corrected chi connectivity index (χ0v) is 7.77. The molecule has 0 spiro atoms. The maximum atomic E-state index is 5.48. The van der Waals surface area contributed by atoms with Crippen molar-refractivity contribution in [2.75, 3.05) is 0 Å². The van der Waals surface area contributed by atoms with Gasteiger partial charge in [-0.15, -0.1) is 0 Å². The molecule has 0 bridgehead atoms. The predicted molar refractivity (Wildman–Crippen MR) is 56.1 cm³/mol. The summed E-state index contributed by atoms with van der Waals surface area (Å²) in [4.78, 5) is 6.53. The van der Waals surface area contributed by atoms with Gasteiger partial charge in [-0.05, 0) is 10.6 Å². The van der Waals surface area contributed by atoms with E-state index in [0.29, 0.717) is 6.54 Å². The molecule has 0 heterocycles. The smallest absolute Gasteiger partial charge is 0.356 e. The van der Waals surface area contributed by atoms with Crippen LogP contribution < -0.4 is 22.2 Å². The lowest BCUT2D eigenvalue weighted by Gasteiger charge is -1.93. The van der Waals surface area contributed by atoms with E-state index in [-0.39, 0.29) is 11.9 Å². The van der Waals surface area contributed by atoms with Crippen LogP contribution in [0.25, 0.3) is 0 Å². The summed E-state index contributed by atoms with van der Waals surface area (Å²) in [5, 5.41) is 0. The van der Waals surface area contributed by atoms with Crippen LogP contribution >= 0.6 is 0 Å². The predicted octanol–water partition coefficient (Wildman–Crippen LogP) is -2.14. The summed E-state index contributed by atoms with van der Waals surface area (Å²) in [5.41, 5.74) is 16.9. The van der Waals surface area contributed by atoms with Gasteiger partial charge in [-0.25, -0.2) is 0 Å². The standard InChI is InChI=1S/C9H13N5/c10-8(11)14-9(12)13-6-7-4-2-1-3-5-7/h1-5H,6H2,(H6,10,11,12,13,14)/p+1. The molecular formula is C9H14N5+. The summed E-state index contributed by atoms with van der Waals surface area (Å²) in [7, 11) is 0. The first-order chi connectivity index (χ1) is 6.68. The highest BCUT2D eigenvalue weighted by Gasteiger charge is 1.97. The van der Waals surface area contributed by atoms with Crippen LogP contribution in [0.2, 0.25) is 0 Å². The van der Waals surface area contributed by atoms with Gasteiger partial charge < -0.3 is 11.5 Å². The molecule has 0 atom stereocenters. The van der Waals surface area contributed by atoms with Crippen molar-refractivity contribution in [1.29, 1.82) is 0 Å². The molecule has 7 N–H and O–H groups in total. The molecule has 0 radical (unpaired) electrons. The maximum Gasteiger partial charge on any atom is 0.386 e. The fraction of sp³-hybridized carbons (Fsp3) is 0.111. The lowest BCUT2D eigenvalue weighted by Crippen LogP contribution is -2.73. The Morgan fingerprint density at radius 1 is 1.14 bits per heavy atom. The van der Waals surface area contributed by atoms with Crippen LogP contribution in [0.1, 0.15) is 5.56 Å². The van der Waals surface area contributed by atoms with Crippen LogP contribution in [-0.4, -0.2) is 11.9 Å². The first kappa shape index (κ1) is 10.0. The van der Waals surface area contributed by atoms with Gasteiger partial charge in [0.2, 0.25) is 0 Å². The Morgan fingerprint density at radius 2 is 1.79 bits per heavy atom. The van der Waals surface area contributed by atoms with Crippen molar-refractivity contribution in [3.05, 3.63) is 35.9 Å². The van der Waals surface area contributed by atoms with E-state index in [1.165, 1.54) is 0 Å². The number of nitrogens with one attached hydrogen (secondary N) is 1.